The fourth-order valence-electron chi connectivity index (χ4n) is 3.04. The molecule has 3 atom stereocenters. The summed E-state index contributed by atoms with van der Waals surface area (Å²) in [6.45, 7) is 0. The maximum absolute atomic E-state index is 12.8. The van der Waals surface area contributed by atoms with Gasteiger partial charge in [-0.2, -0.15) is 0 Å². The van der Waals surface area contributed by atoms with Crippen LogP contribution in [0.25, 0.3) is 6.08 Å². The van der Waals surface area contributed by atoms with Gasteiger partial charge in [0.05, 0.1) is 7.11 Å². The van der Waals surface area contributed by atoms with Crippen LogP contribution in [-0.2, 0) is 9.53 Å². The van der Waals surface area contributed by atoms with Gasteiger partial charge < -0.3 is 4.74 Å². The molecule has 0 heterocycles. The Labute approximate surface area is 147 Å². The molecule has 0 spiro atoms. The minimum Gasteiger partial charge on any atom is -0.466 e. The van der Waals surface area contributed by atoms with Gasteiger partial charge in [0.1, 0.15) is 0 Å². The minimum atomic E-state index is -0.399. The highest BCUT2D eigenvalue weighted by Crippen LogP contribution is 2.50. The first-order chi connectivity index (χ1) is 12.2. The molecular weight excluding hydrogens is 312 g/mol. The van der Waals surface area contributed by atoms with Gasteiger partial charge in [-0.1, -0.05) is 78.9 Å². The fraction of sp³-hybridized carbons (Fsp3) is 0.182. The predicted molar refractivity (Wildman–Crippen MR) is 97.9 cm³/mol. The molecule has 0 amide bonds. The second-order valence-electron chi connectivity index (χ2n) is 6.06. The van der Waals surface area contributed by atoms with Crippen molar-refractivity contribution in [2.24, 2.45) is 17.8 Å². The Morgan fingerprint density at radius 2 is 1.48 bits per heavy atom. The van der Waals surface area contributed by atoms with Gasteiger partial charge in [-0.3, -0.25) is 4.79 Å². The summed E-state index contributed by atoms with van der Waals surface area (Å²) in [7, 11) is 1.35. The Bertz CT molecular complexity index is 791. The second-order valence-corrected chi connectivity index (χ2v) is 6.06. The van der Waals surface area contributed by atoms with Crippen molar-refractivity contribution in [2.45, 2.75) is 0 Å². The molecule has 0 saturated heterocycles. The highest BCUT2D eigenvalue weighted by molar-refractivity contribution is 6.00. The molecule has 2 aromatic rings. The Hall–Kier alpha value is -2.94. The van der Waals surface area contributed by atoms with Crippen LogP contribution in [0.3, 0.4) is 0 Å². The van der Waals surface area contributed by atoms with E-state index in [4.69, 9.17) is 0 Å². The van der Waals surface area contributed by atoms with Crippen molar-refractivity contribution in [1.29, 1.82) is 0 Å². The van der Waals surface area contributed by atoms with Crippen LogP contribution in [0.4, 0.5) is 0 Å². The second kappa shape index (κ2) is 7.75. The lowest BCUT2D eigenvalue weighted by molar-refractivity contribution is -0.134. The van der Waals surface area contributed by atoms with Crippen molar-refractivity contribution >= 4 is 17.8 Å². The van der Waals surface area contributed by atoms with Crippen molar-refractivity contribution in [3.05, 3.63) is 90.0 Å². The van der Waals surface area contributed by atoms with Gasteiger partial charge in [0.2, 0.25) is 0 Å². The van der Waals surface area contributed by atoms with Gasteiger partial charge in [0.15, 0.2) is 5.78 Å². The number of Topliss-reactive ketones (excluding diaryl/α,β-unsaturated/α-hetero) is 1. The first kappa shape index (κ1) is 16.9. The number of ketones is 1. The monoisotopic (exact) mass is 332 g/mol. The average molecular weight is 332 g/mol. The van der Waals surface area contributed by atoms with E-state index in [0.29, 0.717) is 5.56 Å². The first-order valence-electron chi connectivity index (χ1n) is 8.29. The molecule has 25 heavy (non-hydrogen) atoms. The third-order valence-electron chi connectivity index (χ3n) is 4.46. The van der Waals surface area contributed by atoms with Crippen molar-refractivity contribution in [1.82, 2.24) is 0 Å². The number of hydrogen-bond acceptors (Lipinski definition) is 3. The zero-order valence-electron chi connectivity index (χ0n) is 14.0. The van der Waals surface area contributed by atoms with Gasteiger partial charge in [0, 0.05) is 17.6 Å². The summed E-state index contributed by atoms with van der Waals surface area (Å²) in [5.41, 5.74) is 1.80. The largest absolute Gasteiger partial charge is 0.466 e. The van der Waals surface area contributed by atoms with Crippen LogP contribution in [0.5, 0.6) is 0 Å². The van der Waals surface area contributed by atoms with Gasteiger partial charge in [-0.25, -0.2) is 4.79 Å². The molecule has 0 bridgehead atoms. The number of hydrogen-bond donors (Lipinski definition) is 0. The SMILES string of the molecule is COC(=O)/C=C/C1[C@H](/C=C/c2ccccc2)[C@H]1C(=O)c1ccccc1. The Morgan fingerprint density at radius 3 is 2.12 bits per heavy atom. The molecule has 1 unspecified atom stereocenters. The Kier molecular flexibility index (Phi) is 5.24. The van der Waals surface area contributed by atoms with Gasteiger partial charge in [0.25, 0.3) is 0 Å². The van der Waals surface area contributed by atoms with Crippen molar-refractivity contribution in [2.75, 3.05) is 7.11 Å². The molecule has 0 aromatic heterocycles. The lowest BCUT2D eigenvalue weighted by Gasteiger charge is -1.98. The lowest BCUT2D eigenvalue weighted by atomic mass is 10.1. The normalized spacial score (nSPS) is 22.2. The van der Waals surface area contributed by atoms with Crippen molar-refractivity contribution in [3.8, 4) is 0 Å². The van der Waals surface area contributed by atoms with Gasteiger partial charge >= 0.3 is 5.97 Å². The van der Waals surface area contributed by atoms with E-state index in [1.165, 1.54) is 13.2 Å². The number of esters is 1. The number of allylic oxidation sites excluding steroid dienone is 2. The highest BCUT2D eigenvalue weighted by atomic mass is 16.5. The summed E-state index contributed by atoms with van der Waals surface area (Å²) in [5.74, 6) is -0.310. The van der Waals surface area contributed by atoms with Crippen molar-refractivity contribution < 1.29 is 14.3 Å². The summed E-state index contributed by atoms with van der Waals surface area (Å²) in [5, 5.41) is 0. The number of carbonyl (C=O) groups is 2. The zero-order chi connectivity index (χ0) is 17.6. The lowest BCUT2D eigenvalue weighted by Crippen LogP contribution is -2.03. The minimum absolute atomic E-state index is 0.0202. The molecule has 1 aliphatic carbocycles. The summed E-state index contributed by atoms with van der Waals surface area (Å²) < 4.78 is 4.64. The average Bonchev–Trinajstić information content (AvgIpc) is 3.38. The maximum Gasteiger partial charge on any atom is 0.330 e. The molecule has 3 heteroatoms. The highest BCUT2D eigenvalue weighted by Gasteiger charge is 2.51. The maximum atomic E-state index is 12.8. The number of rotatable bonds is 6. The summed E-state index contributed by atoms with van der Waals surface area (Å²) in [6, 6.07) is 19.3. The Balaban J connectivity index is 1.78. The molecule has 3 nitrogen and oxygen atoms in total. The van der Waals surface area contributed by atoms with Crippen LogP contribution in [0.15, 0.2) is 78.9 Å². The summed E-state index contributed by atoms with van der Waals surface area (Å²) >= 11 is 0. The number of benzene rings is 2. The Morgan fingerprint density at radius 1 is 0.880 bits per heavy atom. The zero-order valence-corrected chi connectivity index (χ0v) is 14.0. The van der Waals surface area contributed by atoms with E-state index in [1.807, 2.05) is 66.7 Å². The van der Waals surface area contributed by atoms with E-state index in [-0.39, 0.29) is 23.5 Å². The third-order valence-corrected chi connectivity index (χ3v) is 4.46. The standard InChI is InChI=1S/C22H20O3/c1-25-20(23)15-14-19-18(13-12-16-8-4-2-5-9-16)21(19)22(24)17-10-6-3-7-11-17/h2-15,18-19,21H,1H3/b13-12+,15-14+/t18-,19?,21+/m0/s1. The molecule has 3 rings (SSSR count). The van der Waals surface area contributed by atoms with Crippen LogP contribution < -0.4 is 0 Å². The van der Waals surface area contributed by atoms with Crippen LogP contribution in [-0.4, -0.2) is 18.9 Å². The van der Waals surface area contributed by atoms with Crippen LogP contribution in [0.2, 0.25) is 0 Å². The third kappa shape index (κ3) is 4.13. The first-order valence-corrected chi connectivity index (χ1v) is 8.29. The van der Waals surface area contributed by atoms with Gasteiger partial charge in [-0.05, 0) is 17.4 Å². The van der Waals surface area contributed by atoms with E-state index >= 15 is 0 Å². The van der Waals surface area contributed by atoms with E-state index < -0.39 is 5.97 Å². The molecule has 1 aliphatic rings. The number of ether oxygens (including phenoxy) is 1. The van der Waals surface area contributed by atoms with E-state index in [1.54, 1.807) is 6.08 Å². The molecule has 0 aliphatic heterocycles. The molecule has 1 saturated carbocycles. The van der Waals surface area contributed by atoms with Crippen LogP contribution >= 0.6 is 0 Å². The quantitative estimate of drug-likeness (QED) is 0.453. The molecule has 0 N–H and O–H groups in total. The topological polar surface area (TPSA) is 43.4 Å². The molecule has 0 radical (unpaired) electrons. The summed E-state index contributed by atoms with van der Waals surface area (Å²) in [6.07, 6.45) is 7.29. The predicted octanol–water partition coefficient (Wildman–Crippen LogP) is 4.17. The van der Waals surface area contributed by atoms with Crippen molar-refractivity contribution in [3.63, 3.8) is 0 Å². The van der Waals surface area contributed by atoms with Crippen LogP contribution in [0, 0.1) is 17.8 Å². The van der Waals surface area contributed by atoms with E-state index in [0.717, 1.165) is 5.56 Å². The number of methoxy groups -OCH3 is 1. The van der Waals surface area contributed by atoms with E-state index in [2.05, 4.69) is 10.8 Å². The molecule has 126 valence electrons. The summed E-state index contributed by atoms with van der Waals surface area (Å²) in [4.78, 5) is 24.1. The molecule has 1 fully saturated rings. The smallest absolute Gasteiger partial charge is 0.330 e. The van der Waals surface area contributed by atoms with Crippen LogP contribution in [0.1, 0.15) is 15.9 Å². The van der Waals surface area contributed by atoms with E-state index in [9.17, 15) is 9.59 Å². The fourth-order valence-corrected chi connectivity index (χ4v) is 3.04. The number of carbonyl (C=O) groups excluding carboxylic acids is 2. The molecular formula is C22H20O3. The molecule has 2 aromatic carbocycles. The van der Waals surface area contributed by atoms with Gasteiger partial charge in [-0.15, -0.1) is 0 Å².